The third-order valence-electron chi connectivity index (χ3n) is 2.82. The molecule has 1 aromatic carbocycles. The van der Waals surface area contributed by atoms with Gasteiger partial charge in [0.05, 0.1) is 12.4 Å². The Hall–Kier alpha value is -1.60. The summed E-state index contributed by atoms with van der Waals surface area (Å²) < 4.78 is 30.9. The van der Waals surface area contributed by atoms with Crippen LogP contribution in [0.1, 0.15) is 26.3 Å². The van der Waals surface area contributed by atoms with Crippen molar-refractivity contribution in [1.29, 1.82) is 0 Å². The molecule has 1 rings (SSSR count). The Morgan fingerprint density at radius 2 is 2.05 bits per heavy atom. The third kappa shape index (κ3) is 5.35. The standard InChI is InChI=1S/C14H22N2O4S/c1-4-20-14(17)9-16(11(2)3)21(18,19)10-12-6-5-7-13(15)8-12/h5-8,11H,4,9-10,15H2,1-3H3. The van der Waals surface area contributed by atoms with Gasteiger partial charge in [-0.15, -0.1) is 0 Å². The summed E-state index contributed by atoms with van der Waals surface area (Å²) in [5, 5.41) is 0. The Bertz CT molecular complexity index is 584. The predicted molar refractivity (Wildman–Crippen MR) is 82.0 cm³/mol. The van der Waals surface area contributed by atoms with Crippen LogP contribution in [-0.4, -0.2) is 37.9 Å². The van der Waals surface area contributed by atoms with E-state index in [1.807, 2.05) is 0 Å². The number of carbonyl (C=O) groups is 1. The van der Waals surface area contributed by atoms with Crippen LogP contribution in [0.15, 0.2) is 24.3 Å². The molecule has 21 heavy (non-hydrogen) atoms. The molecule has 0 radical (unpaired) electrons. The number of esters is 1. The van der Waals surface area contributed by atoms with Crippen LogP contribution in [0.5, 0.6) is 0 Å². The van der Waals surface area contributed by atoms with Crippen LogP contribution in [0.3, 0.4) is 0 Å². The van der Waals surface area contributed by atoms with Crippen LogP contribution in [0, 0.1) is 0 Å². The second kappa shape index (κ2) is 7.42. The fourth-order valence-corrected chi connectivity index (χ4v) is 3.62. The summed E-state index contributed by atoms with van der Waals surface area (Å²) in [7, 11) is -3.63. The first-order chi connectivity index (χ1) is 9.76. The Morgan fingerprint density at radius 3 is 2.57 bits per heavy atom. The highest BCUT2D eigenvalue weighted by atomic mass is 32.2. The molecule has 0 fully saturated rings. The lowest BCUT2D eigenvalue weighted by Crippen LogP contribution is -2.41. The molecule has 1 aromatic rings. The maximum atomic E-state index is 12.5. The molecule has 0 bridgehead atoms. The average molecular weight is 314 g/mol. The van der Waals surface area contributed by atoms with E-state index in [-0.39, 0.29) is 24.9 Å². The normalized spacial score (nSPS) is 11.9. The number of nitrogen functional groups attached to an aromatic ring is 1. The van der Waals surface area contributed by atoms with Gasteiger partial charge in [-0.1, -0.05) is 12.1 Å². The van der Waals surface area contributed by atoms with Gasteiger partial charge in [-0.3, -0.25) is 4.79 Å². The second-order valence-corrected chi connectivity index (χ2v) is 6.87. The van der Waals surface area contributed by atoms with Gasteiger partial charge in [-0.05, 0) is 38.5 Å². The molecular formula is C14H22N2O4S. The van der Waals surface area contributed by atoms with Crippen LogP contribution >= 0.6 is 0 Å². The van der Waals surface area contributed by atoms with Gasteiger partial charge in [0.25, 0.3) is 0 Å². The van der Waals surface area contributed by atoms with Gasteiger partial charge in [-0.25, -0.2) is 8.42 Å². The minimum atomic E-state index is -3.63. The number of carbonyl (C=O) groups excluding carboxylic acids is 1. The van der Waals surface area contributed by atoms with Crippen molar-refractivity contribution in [3.05, 3.63) is 29.8 Å². The SMILES string of the molecule is CCOC(=O)CN(C(C)C)S(=O)(=O)Cc1cccc(N)c1. The van der Waals surface area contributed by atoms with Crippen LogP contribution in [0.4, 0.5) is 5.69 Å². The van der Waals surface area contributed by atoms with E-state index < -0.39 is 16.0 Å². The number of hydrogen-bond donors (Lipinski definition) is 1. The Labute approximate surface area is 125 Å². The zero-order valence-corrected chi connectivity index (χ0v) is 13.4. The van der Waals surface area contributed by atoms with Crippen LogP contribution in [0.25, 0.3) is 0 Å². The van der Waals surface area contributed by atoms with E-state index in [0.717, 1.165) is 4.31 Å². The predicted octanol–water partition coefficient (Wildman–Crippen LogP) is 1.37. The second-order valence-electron chi connectivity index (χ2n) is 4.95. The minimum Gasteiger partial charge on any atom is -0.465 e. The largest absolute Gasteiger partial charge is 0.465 e. The van der Waals surface area contributed by atoms with Gasteiger partial charge in [0, 0.05) is 11.7 Å². The van der Waals surface area contributed by atoms with Gasteiger partial charge in [0.15, 0.2) is 0 Å². The van der Waals surface area contributed by atoms with E-state index in [4.69, 9.17) is 10.5 Å². The number of rotatable bonds is 7. The first-order valence-electron chi connectivity index (χ1n) is 6.75. The molecule has 0 spiro atoms. The monoisotopic (exact) mass is 314 g/mol. The summed E-state index contributed by atoms with van der Waals surface area (Å²) in [6.45, 7) is 5.06. The summed E-state index contributed by atoms with van der Waals surface area (Å²) in [6.07, 6.45) is 0. The topological polar surface area (TPSA) is 89.7 Å². The summed E-state index contributed by atoms with van der Waals surface area (Å²) in [5.74, 6) is -0.752. The Morgan fingerprint density at radius 1 is 1.38 bits per heavy atom. The Balaban J connectivity index is 2.92. The van der Waals surface area contributed by atoms with E-state index >= 15 is 0 Å². The van der Waals surface area contributed by atoms with Gasteiger partial charge in [0.2, 0.25) is 10.0 Å². The van der Waals surface area contributed by atoms with E-state index in [1.54, 1.807) is 45.0 Å². The summed E-state index contributed by atoms with van der Waals surface area (Å²) in [4.78, 5) is 11.6. The van der Waals surface area contributed by atoms with Crippen LogP contribution in [-0.2, 0) is 25.3 Å². The molecule has 118 valence electrons. The van der Waals surface area contributed by atoms with Crippen LogP contribution < -0.4 is 5.73 Å². The Kier molecular flexibility index (Phi) is 6.17. The van der Waals surface area contributed by atoms with Gasteiger partial charge in [-0.2, -0.15) is 4.31 Å². The van der Waals surface area contributed by atoms with Crippen molar-refractivity contribution in [3.8, 4) is 0 Å². The molecule has 0 heterocycles. The first-order valence-corrected chi connectivity index (χ1v) is 8.36. The molecule has 0 amide bonds. The molecule has 0 aliphatic carbocycles. The lowest BCUT2D eigenvalue weighted by Gasteiger charge is -2.25. The highest BCUT2D eigenvalue weighted by molar-refractivity contribution is 7.88. The fourth-order valence-electron chi connectivity index (χ4n) is 1.91. The lowest BCUT2D eigenvalue weighted by atomic mass is 10.2. The van der Waals surface area contributed by atoms with Crippen molar-refractivity contribution in [3.63, 3.8) is 0 Å². The summed E-state index contributed by atoms with van der Waals surface area (Å²) in [5.41, 5.74) is 6.74. The molecule has 0 unspecified atom stereocenters. The molecule has 0 aliphatic heterocycles. The average Bonchev–Trinajstić information content (AvgIpc) is 2.35. The smallest absolute Gasteiger partial charge is 0.321 e. The molecule has 2 N–H and O–H groups in total. The number of benzene rings is 1. The maximum absolute atomic E-state index is 12.5. The zero-order chi connectivity index (χ0) is 16.0. The van der Waals surface area contributed by atoms with Crippen molar-refractivity contribution < 1.29 is 17.9 Å². The number of sulfonamides is 1. The minimum absolute atomic E-state index is 0.199. The number of nitrogens with zero attached hydrogens (tertiary/aromatic N) is 1. The van der Waals surface area contributed by atoms with E-state index in [0.29, 0.717) is 11.3 Å². The molecule has 0 atom stereocenters. The van der Waals surface area contributed by atoms with E-state index in [1.165, 1.54) is 0 Å². The molecule has 0 aliphatic rings. The lowest BCUT2D eigenvalue weighted by molar-refractivity contribution is -0.143. The van der Waals surface area contributed by atoms with Crippen molar-refractivity contribution in [2.45, 2.75) is 32.6 Å². The number of anilines is 1. The summed E-state index contributed by atoms with van der Waals surface area (Å²) in [6, 6.07) is 6.36. The van der Waals surface area contributed by atoms with Gasteiger partial charge < -0.3 is 10.5 Å². The van der Waals surface area contributed by atoms with Crippen molar-refractivity contribution in [2.24, 2.45) is 0 Å². The van der Waals surface area contributed by atoms with Crippen molar-refractivity contribution in [1.82, 2.24) is 4.31 Å². The molecule has 0 saturated carbocycles. The third-order valence-corrected chi connectivity index (χ3v) is 4.79. The van der Waals surface area contributed by atoms with Gasteiger partial charge in [0.1, 0.15) is 6.54 Å². The van der Waals surface area contributed by atoms with Gasteiger partial charge >= 0.3 is 5.97 Å². The number of hydrogen-bond acceptors (Lipinski definition) is 5. The van der Waals surface area contributed by atoms with Crippen molar-refractivity contribution >= 4 is 21.7 Å². The molecule has 0 aromatic heterocycles. The van der Waals surface area contributed by atoms with E-state index in [2.05, 4.69) is 0 Å². The zero-order valence-electron chi connectivity index (χ0n) is 12.6. The quantitative estimate of drug-likeness (QED) is 0.606. The fraction of sp³-hybridized carbons (Fsp3) is 0.500. The summed E-state index contributed by atoms with van der Waals surface area (Å²) >= 11 is 0. The maximum Gasteiger partial charge on any atom is 0.321 e. The molecular weight excluding hydrogens is 292 g/mol. The number of nitrogens with two attached hydrogens (primary N) is 1. The highest BCUT2D eigenvalue weighted by Crippen LogP contribution is 2.16. The van der Waals surface area contributed by atoms with E-state index in [9.17, 15) is 13.2 Å². The molecule has 7 heteroatoms. The molecule has 6 nitrogen and oxygen atoms in total. The first kappa shape index (κ1) is 17.5. The van der Waals surface area contributed by atoms with Crippen molar-refractivity contribution in [2.75, 3.05) is 18.9 Å². The van der Waals surface area contributed by atoms with Crippen LogP contribution in [0.2, 0.25) is 0 Å². The molecule has 0 saturated heterocycles. The number of ether oxygens (including phenoxy) is 1. The highest BCUT2D eigenvalue weighted by Gasteiger charge is 2.28.